The summed E-state index contributed by atoms with van der Waals surface area (Å²) in [5, 5.41) is 4.12. The van der Waals surface area contributed by atoms with Crippen LogP contribution in [0.25, 0.3) is 6.08 Å². The van der Waals surface area contributed by atoms with Crippen LogP contribution in [0.5, 0.6) is 0 Å². The third-order valence-corrected chi connectivity index (χ3v) is 6.24. The van der Waals surface area contributed by atoms with Gasteiger partial charge < -0.3 is 5.73 Å². The molecule has 0 bridgehead atoms. The minimum Gasteiger partial charge on any atom is -0.326 e. The Bertz CT molecular complexity index is 1130. The number of pyridine rings is 2. The van der Waals surface area contributed by atoms with E-state index in [0.717, 1.165) is 22.3 Å². The van der Waals surface area contributed by atoms with E-state index in [1.54, 1.807) is 30.9 Å². The van der Waals surface area contributed by atoms with Crippen molar-refractivity contribution in [2.24, 2.45) is 10.9 Å². The molecule has 3 rings (SSSR count). The molecular formula is C25H28N4O3S. The highest BCUT2D eigenvalue weighted by Crippen LogP contribution is 2.27. The standard InChI is InChI=1S/C25H28N4O3S/c1-19(23-7-3-13-27-17-23)25(20(2)24-8-4-14-28-18-24)29-32-33(30,31)15-5-6-21-9-11-22(16-26)12-10-21/h3-14,17-20H,15-16,26H2,1-2H3. The summed E-state index contributed by atoms with van der Waals surface area (Å²) in [5.41, 5.74) is 9.88. The van der Waals surface area contributed by atoms with E-state index in [2.05, 4.69) is 15.1 Å². The number of benzene rings is 1. The van der Waals surface area contributed by atoms with Gasteiger partial charge in [-0.25, -0.2) is 0 Å². The fourth-order valence-electron chi connectivity index (χ4n) is 3.34. The molecule has 3 aromatic rings. The number of oxime groups is 1. The summed E-state index contributed by atoms with van der Waals surface area (Å²) in [6, 6.07) is 15.1. The van der Waals surface area contributed by atoms with Crippen LogP contribution in [0.15, 0.2) is 84.6 Å². The van der Waals surface area contributed by atoms with Gasteiger partial charge in [0.1, 0.15) is 5.75 Å². The highest BCUT2D eigenvalue weighted by molar-refractivity contribution is 7.86. The highest BCUT2D eigenvalue weighted by atomic mass is 32.2. The second kappa shape index (κ2) is 11.5. The number of hydrogen-bond donors (Lipinski definition) is 1. The molecule has 0 aliphatic heterocycles. The molecule has 0 saturated heterocycles. The zero-order valence-electron chi connectivity index (χ0n) is 18.7. The van der Waals surface area contributed by atoms with Crippen molar-refractivity contribution in [1.82, 2.24) is 9.97 Å². The first kappa shape index (κ1) is 24.3. The van der Waals surface area contributed by atoms with E-state index < -0.39 is 10.1 Å². The summed E-state index contributed by atoms with van der Waals surface area (Å²) in [7, 11) is -3.92. The monoisotopic (exact) mass is 464 g/mol. The van der Waals surface area contributed by atoms with Crippen LogP contribution in [0.1, 0.15) is 47.9 Å². The first-order valence-electron chi connectivity index (χ1n) is 10.6. The Labute approximate surface area is 195 Å². The molecule has 0 aliphatic rings. The molecule has 2 N–H and O–H groups in total. The Balaban J connectivity index is 1.78. The van der Waals surface area contributed by atoms with E-state index in [-0.39, 0.29) is 17.6 Å². The summed E-state index contributed by atoms with van der Waals surface area (Å²) in [4.78, 5) is 8.33. The molecule has 8 heteroatoms. The van der Waals surface area contributed by atoms with Gasteiger partial charge in [0.15, 0.2) is 0 Å². The Morgan fingerprint density at radius 3 is 2.06 bits per heavy atom. The smallest absolute Gasteiger partial charge is 0.326 e. The van der Waals surface area contributed by atoms with Crippen molar-refractivity contribution in [3.63, 3.8) is 0 Å². The minimum absolute atomic E-state index is 0.208. The quantitative estimate of drug-likeness (QED) is 0.355. The maximum atomic E-state index is 12.5. The molecule has 0 saturated carbocycles. The third kappa shape index (κ3) is 7.06. The number of rotatable bonds is 10. The minimum atomic E-state index is -3.92. The molecule has 0 aliphatic carbocycles. The van der Waals surface area contributed by atoms with Crippen LogP contribution in [0, 0.1) is 0 Å². The van der Waals surface area contributed by atoms with Gasteiger partial charge in [0.25, 0.3) is 0 Å². The predicted octanol–water partition coefficient (Wildman–Crippen LogP) is 4.26. The Morgan fingerprint density at radius 2 is 1.58 bits per heavy atom. The maximum Gasteiger partial charge on any atom is 0.332 e. The molecule has 172 valence electrons. The van der Waals surface area contributed by atoms with Crippen molar-refractivity contribution < 1.29 is 12.7 Å². The lowest BCUT2D eigenvalue weighted by Gasteiger charge is -2.20. The van der Waals surface area contributed by atoms with Gasteiger partial charge in [-0.3, -0.25) is 14.3 Å². The molecule has 2 heterocycles. The average Bonchev–Trinajstić information content (AvgIpc) is 2.85. The fraction of sp³-hybridized carbons (Fsp3) is 0.240. The van der Waals surface area contributed by atoms with Crippen LogP contribution < -0.4 is 5.73 Å². The van der Waals surface area contributed by atoms with Crippen LogP contribution in [0.2, 0.25) is 0 Å². The molecule has 0 amide bonds. The normalized spacial score (nSPS) is 13.4. The molecule has 7 nitrogen and oxygen atoms in total. The number of hydrogen-bond acceptors (Lipinski definition) is 7. The second-order valence-electron chi connectivity index (χ2n) is 7.68. The zero-order chi connectivity index (χ0) is 23.7. The van der Waals surface area contributed by atoms with Crippen molar-refractivity contribution in [2.75, 3.05) is 5.75 Å². The summed E-state index contributed by atoms with van der Waals surface area (Å²) < 4.78 is 30.1. The van der Waals surface area contributed by atoms with Gasteiger partial charge in [-0.15, -0.1) is 0 Å². The highest BCUT2D eigenvalue weighted by Gasteiger charge is 2.23. The van der Waals surface area contributed by atoms with Crippen LogP contribution in [0.3, 0.4) is 0 Å². The van der Waals surface area contributed by atoms with E-state index >= 15 is 0 Å². The molecule has 2 aromatic heterocycles. The SMILES string of the molecule is CC(C(=NOS(=O)(=O)CC=Cc1ccc(CN)cc1)C(C)c1cccnc1)c1cccnc1. The summed E-state index contributed by atoms with van der Waals surface area (Å²) in [6.45, 7) is 4.36. The third-order valence-electron chi connectivity index (χ3n) is 5.34. The average molecular weight is 465 g/mol. The lowest BCUT2D eigenvalue weighted by atomic mass is 9.86. The Hall–Kier alpha value is -3.36. The molecule has 2 unspecified atom stereocenters. The molecule has 0 spiro atoms. The van der Waals surface area contributed by atoms with E-state index in [1.807, 2.05) is 62.4 Å². The summed E-state index contributed by atoms with van der Waals surface area (Å²) in [5.74, 6) is -0.716. The van der Waals surface area contributed by atoms with E-state index in [4.69, 9.17) is 10.0 Å². The fourth-order valence-corrected chi connectivity index (χ4v) is 3.93. The van der Waals surface area contributed by atoms with Gasteiger partial charge in [-0.05, 0) is 34.4 Å². The van der Waals surface area contributed by atoms with Crippen molar-refractivity contribution in [1.29, 1.82) is 0 Å². The molecular weight excluding hydrogens is 436 g/mol. The second-order valence-corrected chi connectivity index (χ2v) is 9.28. The van der Waals surface area contributed by atoms with Crippen LogP contribution in [-0.4, -0.2) is 29.9 Å². The Kier molecular flexibility index (Phi) is 8.46. The van der Waals surface area contributed by atoms with Crippen LogP contribution >= 0.6 is 0 Å². The molecule has 33 heavy (non-hydrogen) atoms. The summed E-state index contributed by atoms with van der Waals surface area (Å²) in [6.07, 6.45) is 10.1. The Morgan fingerprint density at radius 1 is 1.00 bits per heavy atom. The molecule has 0 radical (unpaired) electrons. The predicted molar refractivity (Wildman–Crippen MR) is 131 cm³/mol. The van der Waals surface area contributed by atoms with Crippen molar-refractivity contribution in [2.45, 2.75) is 32.2 Å². The number of nitrogens with two attached hydrogens (primary N) is 1. The zero-order valence-corrected chi connectivity index (χ0v) is 19.5. The van der Waals surface area contributed by atoms with E-state index in [9.17, 15) is 8.42 Å². The lowest BCUT2D eigenvalue weighted by molar-refractivity contribution is 0.337. The van der Waals surface area contributed by atoms with Gasteiger partial charge in [-0.1, -0.05) is 67.6 Å². The van der Waals surface area contributed by atoms with Gasteiger partial charge in [-0.2, -0.15) is 8.42 Å². The number of aromatic nitrogens is 2. The maximum absolute atomic E-state index is 12.5. The number of nitrogens with zero attached hydrogens (tertiary/aromatic N) is 3. The van der Waals surface area contributed by atoms with Crippen LogP contribution in [0.4, 0.5) is 0 Å². The molecule has 0 fully saturated rings. The lowest BCUT2D eigenvalue weighted by Crippen LogP contribution is -2.19. The van der Waals surface area contributed by atoms with Gasteiger partial charge in [0, 0.05) is 43.2 Å². The molecule has 1 aromatic carbocycles. The van der Waals surface area contributed by atoms with Crippen molar-refractivity contribution in [3.05, 3.63) is 102 Å². The topological polar surface area (TPSA) is 108 Å². The van der Waals surface area contributed by atoms with Crippen LogP contribution in [-0.2, 0) is 20.9 Å². The van der Waals surface area contributed by atoms with Gasteiger partial charge in [0.05, 0.1) is 5.71 Å². The van der Waals surface area contributed by atoms with E-state index in [1.165, 1.54) is 6.08 Å². The van der Waals surface area contributed by atoms with Crippen molar-refractivity contribution >= 4 is 21.9 Å². The largest absolute Gasteiger partial charge is 0.332 e. The first-order valence-corrected chi connectivity index (χ1v) is 12.2. The first-order chi connectivity index (χ1) is 15.9. The van der Waals surface area contributed by atoms with E-state index in [0.29, 0.717) is 12.3 Å². The van der Waals surface area contributed by atoms with Gasteiger partial charge >= 0.3 is 10.1 Å². The summed E-state index contributed by atoms with van der Waals surface area (Å²) >= 11 is 0. The molecule has 2 atom stereocenters. The van der Waals surface area contributed by atoms with Crippen molar-refractivity contribution in [3.8, 4) is 0 Å². The van der Waals surface area contributed by atoms with Gasteiger partial charge in [0.2, 0.25) is 0 Å².